The Balaban J connectivity index is 1.94. The number of aromatic nitrogens is 2. The Bertz CT molecular complexity index is 409. The lowest BCUT2D eigenvalue weighted by Crippen LogP contribution is -2.33. The van der Waals surface area contributed by atoms with Crippen LogP contribution < -0.4 is 5.73 Å². The van der Waals surface area contributed by atoms with Crippen molar-refractivity contribution in [3.8, 4) is 0 Å². The maximum Gasteiger partial charge on any atom is 0.0870 e. The molecule has 1 saturated carbocycles. The standard InChI is InChI=1S/C14H24N4S/c1-2-8-17(11-14(15)19)10-12-7-9-18(16-12)13-5-3-4-6-13/h7,9,13H,2-6,8,10-11H2,1H3,(H2,15,19). The topological polar surface area (TPSA) is 47.1 Å². The smallest absolute Gasteiger partial charge is 0.0870 e. The third-order valence-corrected chi connectivity index (χ3v) is 3.80. The largest absolute Gasteiger partial charge is 0.392 e. The highest BCUT2D eigenvalue weighted by molar-refractivity contribution is 7.80. The van der Waals surface area contributed by atoms with Crippen molar-refractivity contribution in [3.05, 3.63) is 18.0 Å². The second-order valence-corrected chi connectivity index (χ2v) is 5.93. The summed E-state index contributed by atoms with van der Waals surface area (Å²) < 4.78 is 2.15. The van der Waals surface area contributed by atoms with Gasteiger partial charge in [-0.15, -0.1) is 0 Å². The van der Waals surface area contributed by atoms with E-state index >= 15 is 0 Å². The Morgan fingerprint density at radius 1 is 1.53 bits per heavy atom. The zero-order valence-corrected chi connectivity index (χ0v) is 12.5. The first-order chi connectivity index (χ1) is 9.19. The number of rotatable bonds is 7. The average molecular weight is 280 g/mol. The third kappa shape index (κ3) is 4.28. The second kappa shape index (κ2) is 7.01. The first-order valence-corrected chi connectivity index (χ1v) is 7.64. The van der Waals surface area contributed by atoms with Crippen LogP contribution in [0.2, 0.25) is 0 Å². The van der Waals surface area contributed by atoms with E-state index in [2.05, 4.69) is 28.8 Å². The quantitative estimate of drug-likeness (QED) is 0.780. The van der Waals surface area contributed by atoms with E-state index in [0.29, 0.717) is 17.6 Å². The molecule has 1 fully saturated rings. The van der Waals surface area contributed by atoms with Gasteiger partial charge in [0, 0.05) is 19.3 Å². The van der Waals surface area contributed by atoms with Gasteiger partial charge in [0.05, 0.1) is 16.7 Å². The summed E-state index contributed by atoms with van der Waals surface area (Å²) in [4.78, 5) is 2.83. The molecule has 0 saturated heterocycles. The van der Waals surface area contributed by atoms with Crippen LogP contribution in [-0.4, -0.2) is 32.8 Å². The van der Waals surface area contributed by atoms with Gasteiger partial charge in [-0.3, -0.25) is 9.58 Å². The predicted octanol–water partition coefficient (Wildman–Crippen LogP) is 2.50. The fraction of sp³-hybridized carbons (Fsp3) is 0.714. The summed E-state index contributed by atoms with van der Waals surface area (Å²) in [6, 6.07) is 2.74. The van der Waals surface area contributed by atoms with Crippen LogP contribution >= 0.6 is 12.2 Å². The monoisotopic (exact) mass is 280 g/mol. The van der Waals surface area contributed by atoms with Gasteiger partial charge in [0.1, 0.15) is 0 Å². The fourth-order valence-electron chi connectivity index (χ4n) is 2.81. The summed E-state index contributed by atoms with van der Waals surface area (Å²) in [7, 11) is 0. The van der Waals surface area contributed by atoms with Crippen LogP contribution in [0.4, 0.5) is 0 Å². The molecule has 19 heavy (non-hydrogen) atoms. The van der Waals surface area contributed by atoms with Crippen LogP contribution in [0.25, 0.3) is 0 Å². The fourth-order valence-corrected chi connectivity index (χ4v) is 3.00. The van der Waals surface area contributed by atoms with E-state index in [1.807, 2.05) is 0 Å². The zero-order valence-electron chi connectivity index (χ0n) is 11.7. The first-order valence-electron chi connectivity index (χ1n) is 7.23. The highest BCUT2D eigenvalue weighted by Crippen LogP contribution is 2.28. The summed E-state index contributed by atoms with van der Waals surface area (Å²) in [6.07, 6.45) is 8.44. The lowest BCUT2D eigenvalue weighted by molar-refractivity contribution is 0.298. The molecule has 2 N–H and O–H groups in total. The van der Waals surface area contributed by atoms with E-state index in [9.17, 15) is 0 Å². The third-order valence-electron chi connectivity index (χ3n) is 3.67. The number of hydrogen-bond acceptors (Lipinski definition) is 3. The molecule has 0 radical (unpaired) electrons. The molecule has 0 atom stereocenters. The summed E-state index contributed by atoms with van der Waals surface area (Å²) in [5.74, 6) is 0. The molecule has 0 amide bonds. The molecular weight excluding hydrogens is 256 g/mol. The number of thiocarbonyl (C=S) groups is 1. The molecule has 5 heteroatoms. The van der Waals surface area contributed by atoms with Crippen molar-refractivity contribution in [2.24, 2.45) is 5.73 Å². The number of nitrogens with zero attached hydrogens (tertiary/aromatic N) is 3. The van der Waals surface area contributed by atoms with E-state index in [0.717, 1.165) is 25.2 Å². The summed E-state index contributed by atoms with van der Waals surface area (Å²) in [5, 5.41) is 4.71. The SMILES string of the molecule is CCCN(CC(N)=S)Cc1ccn(C2CCCC2)n1. The maximum atomic E-state index is 5.65. The van der Waals surface area contributed by atoms with Gasteiger partial charge < -0.3 is 5.73 Å². The van der Waals surface area contributed by atoms with Gasteiger partial charge in [0.25, 0.3) is 0 Å². The maximum absolute atomic E-state index is 5.65. The van der Waals surface area contributed by atoms with E-state index in [4.69, 9.17) is 23.1 Å². The van der Waals surface area contributed by atoms with Gasteiger partial charge >= 0.3 is 0 Å². The van der Waals surface area contributed by atoms with Crippen LogP contribution in [0, 0.1) is 0 Å². The van der Waals surface area contributed by atoms with Crippen LogP contribution in [0.3, 0.4) is 0 Å². The highest BCUT2D eigenvalue weighted by Gasteiger charge is 2.18. The molecule has 1 aromatic heterocycles. The van der Waals surface area contributed by atoms with Crippen molar-refractivity contribution < 1.29 is 0 Å². The van der Waals surface area contributed by atoms with E-state index in [1.165, 1.54) is 25.7 Å². The van der Waals surface area contributed by atoms with Gasteiger partial charge in [0.15, 0.2) is 0 Å². The Morgan fingerprint density at radius 2 is 2.26 bits per heavy atom. The molecular formula is C14H24N4S. The molecule has 1 aliphatic rings. The molecule has 106 valence electrons. The summed E-state index contributed by atoms with van der Waals surface area (Å²) >= 11 is 5.01. The minimum Gasteiger partial charge on any atom is -0.392 e. The summed E-state index contributed by atoms with van der Waals surface area (Å²) in [5.41, 5.74) is 6.77. The van der Waals surface area contributed by atoms with Crippen molar-refractivity contribution in [3.63, 3.8) is 0 Å². The molecule has 2 rings (SSSR count). The molecule has 0 bridgehead atoms. The molecule has 4 nitrogen and oxygen atoms in total. The van der Waals surface area contributed by atoms with Gasteiger partial charge in [-0.2, -0.15) is 5.10 Å². The highest BCUT2D eigenvalue weighted by atomic mass is 32.1. The predicted molar refractivity (Wildman–Crippen MR) is 82.1 cm³/mol. The van der Waals surface area contributed by atoms with Gasteiger partial charge in [-0.05, 0) is 31.9 Å². The van der Waals surface area contributed by atoms with E-state index < -0.39 is 0 Å². The van der Waals surface area contributed by atoms with Crippen LogP contribution in [-0.2, 0) is 6.54 Å². The minimum atomic E-state index is 0.559. The molecule has 0 aliphatic heterocycles. The Kier molecular flexibility index (Phi) is 5.34. The molecule has 1 aromatic rings. The Morgan fingerprint density at radius 3 is 2.89 bits per heavy atom. The zero-order chi connectivity index (χ0) is 13.7. The lowest BCUT2D eigenvalue weighted by atomic mass is 10.3. The normalized spacial score (nSPS) is 16.3. The van der Waals surface area contributed by atoms with Crippen LogP contribution in [0.1, 0.15) is 50.8 Å². The van der Waals surface area contributed by atoms with E-state index in [-0.39, 0.29) is 0 Å². The average Bonchev–Trinajstić information content (AvgIpc) is 2.97. The van der Waals surface area contributed by atoms with Crippen molar-refractivity contribution in [2.45, 2.75) is 51.6 Å². The van der Waals surface area contributed by atoms with Gasteiger partial charge in [-0.1, -0.05) is 32.0 Å². The van der Waals surface area contributed by atoms with Crippen LogP contribution in [0.5, 0.6) is 0 Å². The van der Waals surface area contributed by atoms with Gasteiger partial charge in [0.2, 0.25) is 0 Å². The molecule has 1 heterocycles. The molecule has 0 unspecified atom stereocenters. The number of nitrogens with two attached hydrogens (primary N) is 1. The Hall–Kier alpha value is -0.940. The van der Waals surface area contributed by atoms with Crippen molar-refractivity contribution in [2.75, 3.05) is 13.1 Å². The van der Waals surface area contributed by atoms with Crippen LogP contribution in [0.15, 0.2) is 12.3 Å². The van der Waals surface area contributed by atoms with Crippen molar-refractivity contribution in [1.29, 1.82) is 0 Å². The molecule has 0 spiro atoms. The van der Waals surface area contributed by atoms with Gasteiger partial charge in [-0.25, -0.2) is 0 Å². The second-order valence-electron chi connectivity index (χ2n) is 5.40. The lowest BCUT2D eigenvalue weighted by Gasteiger charge is -2.19. The van der Waals surface area contributed by atoms with E-state index in [1.54, 1.807) is 0 Å². The van der Waals surface area contributed by atoms with Crippen molar-refractivity contribution >= 4 is 17.2 Å². The Labute approximate surface area is 121 Å². The minimum absolute atomic E-state index is 0.559. The first kappa shape index (κ1) is 14.5. The summed E-state index contributed by atoms with van der Waals surface area (Å²) in [6.45, 7) is 4.70. The van der Waals surface area contributed by atoms with Crippen molar-refractivity contribution in [1.82, 2.24) is 14.7 Å². The molecule has 1 aliphatic carbocycles. The molecule has 0 aromatic carbocycles. The number of hydrogen-bond donors (Lipinski definition) is 1.